The minimum Gasteiger partial charge on any atom is -0.478 e. The van der Waals surface area contributed by atoms with E-state index in [1.54, 1.807) is 0 Å². The molecule has 1 atom stereocenters. The number of hydrogen-bond donors (Lipinski definition) is 1. The molecule has 0 aromatic carbocycles. The molecule has 0 amide bonds. The fourth-order valence-electron chi connectivity index (χ4n) is 2.69. The maximum atomic E-state index is 12.7. The number of sulfonamides is 1. The van der Waals surface area contributed by atoms with E-state index in [9.17, 15) is 13.2 Å². The van der Waals surface area contributed by atoms with Gasteiger partial charge in [-0.1, -0.05) is 19.8 Å². The molecule has 0 bridgehead atoms. The minimum absolute atomic E-state index is 0.0160. The van der Waals surface area contributed by atoms with Crippen molar-refractivity contribution in [3.8, 4) is 0 Å². The van der Waals surface area contributed by atoms with Gasteiger partial charge in [-0.05, 0) is 31.4 Å². The predicted molar refractivity (Wildman–Crippen MR) is 77.6 cm³/mol. The summed E-state index contributed by atoms with van der Waals surface area (Å²) in [6.45, 7) is 2.55. The molecule has 1 N–H and O–H groups in total. The van der Waals surface area contributed by atoms with Crippen LogP contribution in [0.4, 0.5) is 0 Å². The summed E-state index contributed by atoms with van der Waals surface area (Å²) in [4.78, 5) is 14.6. The topological polar surface area (TPSA) is 87.6 Å². The number of rotatable bonds is 5. The summed E-state index contributed by atoms with van der Waals surface area (Å²) < 4.78 is 26.9. The van der Waals surface area contributed by atoms with Crippen molar-refractivity contribution in [3.63, 3.8) is 0 Å². The number of aromatic nitrogens is 1. The Kier molecular flexibility index (Phi) is 4.95. The third kappa shape index (κ3) is 3.41. The zero-order valence-corrected chi connectivity index (χ0v) is 12.8. The molecule has 0 saturated carbocycles. The van der Waals surface area contributed by atoms with Gasteiger partial charge in [0.05, 0.1) is 5.56 Å². The van der Waals surface area contributed by atoms with Crippen LogP contribution >= 0.6 is 0 Å². The van der Waals surface area contributed by atoms with Crippen LogP contribution in [0, 0.1) is 0 Å². The quantitative estimate of drug-likeness (QED) is 0.900. The van der Waals surface area contributed by atoms with Crippen molar-refractivity contribution >= 4 is 16.0 Å². The second kappa shape index (κ2) is 6.53. The molecule has 7 heteroatoms. The van der Waals surface area contributed by atoms with Crippen molar-refractivity contribution in [3.05, 3.63) is 23.9 Å². The molecular formula is C14H20N2O4S. The summed E-state index contributed by atoms with van der Waals surface area (Å²) in [6.07, 6.45) is 5.64. The molecule has 0 aliphatic carbocycles. The van der Waals surface area contributed by atoms with Crippen molar-refractivity contribution in [2.45, 2.75) is 50.1 Å². The first-order valence-corrected chi connectivity index (χ1v) is 8.62. The van der Waals surface area contributed by atoms with Gasteiger partial charge in [0.2, 0.25) is 0 Å². The molecule has 1 saturated heterocycles. The molecule has 1 aromatic rings. The molecule has 116 valence electrons. The summed E-state index contributed by atoms with van der Waals surface area (Å²) in [5.74, 6) is -1.12. The van der Waals surface area contributed by atoms with E-state index in [-0.39, 0.29) is 16.6 Å². The largest absolute Gasteiger partial charge is 0.478 e. The molecule has 1 aromatic heterocycles. The van der Waals surface area contributed by atoms with Crippen molar-refractivity contribution < 1.29 is 18.3 Å². The molecule has 1 fully saturated rings. The number of hydrogen-bond acceptors (Lipinski definition) is 4. The molecule has 1 aliphatic heterocycles. The highest BCUT2D eigenvalue weighted by Crippen LogP contribution is 2.27. The summed E-state index contributed by atoms with van der Waals surface area (Å²) in [5.41, 5.74) is -0.0160. The number of pyridine rings is 1. The molecule has 6 nitrogen and oxygen atoms in total. The van der Waals surface area contributed by atoms with Gasteiger partial charge in [-0.3, -0.25) is 0 Å². The summed E-state index contributed by atoms with van der Waals surface area (Å²) >= 11 is 0. The smallest absolute Gasteiger partial charge is 0.337 e. The van der Waals surface area contributed by atoms with Crippen LogP contribution in [0.25, 0.3) is 0 Å². The normalized spacial score (nSPS) is 20.3. The number of carboxylic acids is 1. The van der Waals surface area contributed by atoms with Crippen LogP contribution in [0.1, 0.15) is 49.4 Å². The molecule has 21 heavy (non-hydrogen) atoms. The second-order valence-electron chi connectivity index (χ2n) is 5.24. The van der Waals surface area contributed by atoms with Gasteiger partial charge < -0.3 is 5.11 Å². The van der Waals surface area contributed by atoms with E-state index < -0.39 is 16.0 Å². The van der Waals surface area contributed by atoms with Crippen LogP contribution in [0.15, 0.2) is 23.4 Å². The Morgan fingerprint density at radius 1 is 1.43 bits per heavy atom. The first-order chi connectivity index (χ1) is 9.96. The molecule has 1 aliphatic rings. The molecular weight excluding hydrogens is 292 g/mol. The van der Waals surface area contributed by atoms with E-state index in [1.807, 2.05) is 6.92 Å². The van der Waals surface area contributed by atoms with E-state index in [0.29, 0.717) is 6.54 Å². The molecule has 1 unspecified atom stereocenters. The Labute approximate surface area is 124 Å². The lowest BCUT2D eigenvalue weighted by Gasteiger charge is -2.34. The summed E-state index contributed by atoms with van der Waals surface area (Å²) in [5, 5.41) is 8.77. The van der Waals surface area contributed by atoms with E-state index in [1.165, 1.54) is 16.4 Å². The van der Waals surface area contributed by atoms with Crippen LogP contribution in [0.5, 0.6) is 0 Å². The number of nitrogens with zero attached hydrogens (tertiary/aromatic N) is 2. The van der Waals surface area contributed by atoms with Gasteiger partial charge in [0.1, 0.15) is 0 Å². The van der Waals surface area contributed by atoms with E-state index in [2.05, 4.69) is 4.98 Å². The van der Waals surface area contributed by atoms with Crippen molar-refractivity contribution in [1.29, 1.82) is 0 Å². The standard InChI is InChI=1S/C14H20N2O4S/c1-2-5-12-6-3-4-9-16(12)21(19,20)13-8-7-11(10-15-13)14(17)18/h7-8,10,12H,2-6,9H2,1H3,(H,17,18). The Bertz CT molecular complexity index is 596. The average Bonchev–Trinajstić information content (AvgIpc) is 2.48. The van der Waals surface area contributed by atoms with Crippen molar-refractivity contribution in [2.75, 3.05) is 6.54 Å². The third-order valence-electron chi connectivity index (χ3n) is 3.75. The fourth-order valence-corrected chi connectivity index (χ4v) is 4.33. The fraction of sp³-hybridized carbons (Fsp3) is 0.571. The van der Waals surface area contributed by atoms with Crippen LogP contribution < -0.4 is 0 Å². The van der Waals surface area contributed by atoms with Gasteiger partial charge in [0.15, 0.2) is 5.03 Å². The van der Waals surface area contributed by atoms with Gasteiger partial charge in [-0.15, -0.1) is 0 Å². The van der Waals surface area contributed by atoms with Crippen LogP contribution in [0.2, 0.25) is 0 Å². The van der Waals surface area contributed by atoms with E-state index in [0.717, 1.165) is 38.3 Å². The highest BCUT2D eigenvalue weighted by atomic mass is 32.2. The maximum Gasteiger partial charge on any atom is 0.337 e. The Hall–Kier alpha value is -1.47. The van der Waals surface area contributed by atoms with E-state index in [4.69, 9.17) is 5.11 Å². The zero-order valence-electron chi connectivity index (χ0n) is 12.0. The monoisotopic (exact) mass is 312 g/mol. The highest BCUT2D eigenvalue weighted by molar-refractivity contribution is 7.89. The number of piperidine rings is 1. The Balaban J connectivity index is 2.28. The third-order valence-corrected chi connectivity index (χ3v) is 5.62. The van der Waals surface area contributed by atoms with Gasteiger partial charge in [-0.2, -0.15) is 4.31 Å². The SMILES string of the molecule is CCCC1CCCCN1S(=O)(=O)c1ccc(C(=O)O)cn1. The lowest BCUT2D eigenvalue weighted by Crippen LogP contribution is -2.43. The van der Waals surface area contributed by atoms with Crippen LogP contribution in [-0.2, 0) is 10.0 Å². The molecule has 0 radical (unpaired) electrons. The van der Waals surface area contributed by atoms with Gasteiger partial charge in [-0.25, -0.2) is 18.2 Å². The van der Waals surface area contributed by atoms with E-state index >= 15 is 0 Å². The average molecular weight is 312 g/mol. The Morgan fingerprint density at radius 2 is 2.19 bits per heavy atom. The lowest BCUT2D eigenvalue weighted by molar-refractivity contribution is 0.0696. The Morgan fingerprint density at radius 3 is 2.76 bits per heavy atom. The lowest BCUT2D eigenvalue weighted by atomic mass is 10.0. The van der Waals surface area contributed by atoms with Crippen molar-refractivity contribution in [2.24, 2.45) is 0 Å². The summed E-state index contributed by atoms with van der Waals surface area (Å²) in [7, 11) is -3.65. The van der Waals surface area contributed by atoms with Gasteiger partial charge in [0, 0.05) is 18.8 Å². The zero-order chi connectivity index (χ0) is 15.5. The van der Waals surface area contributed by atoms with Gasteiger partial charge in [0.25, 0.3) is 10.0 Å². The minimum atomic E-state index is -3.65. The van der Waals surface area contributed by atoms with Crippen LogP contribution in [-0.4, -0.2) is 41.4 Å². The maximum absolute atomic E-state index is 12.7. The second-order valence-corrected chi connectivity index (χ2v) is 7.08. The van der Waals surface area contributed by atoms with Crippen molar-refractivity contribution in [1.82, 2.24) is 9.29 Å². The first-order valence-electron chi connectivity index (χ1n) is 7.18. The molecule has 0 spiro atoms. The highest BCUT2D eigenvalue weighted by Gasteiger charge is 2.33. The van der Waals surface area contributed by atoms with Crippen LogP contribution in [0.3, 0.4) is 0 Å². The number of carboxylic acid groups (broad SMARTS) is 1. The summed E-state index contributed by atoms with van der Waals surface area (Å²) in [6, 6.07) is 2.58. The molecule has 2 heterocycles. The number of aromatic carboxylic acids is 1. The molecule has 2 rings (SSSR count). The predicted octanol–water partition coefficient (Wildman–Crippen LogP) is 2.12. The van der Waals surface area contributed by atoms with Gasteiger partial charge >= 0.3 is 5.97 Å². The number of carbonyl (C=O) groups is 1. The first kappa shape index (κ1) is 15.9.